The molecule has 112 valence electrons. The molecule has 1 unspecified atom stereocenters. The van der Waals surface area contributed by atoms with E-state index in [1.165, 1.54) is 6.07 Å². The van der Waals surface area contributed by atoms with Crippen molar-refractivity contribution in [2.24, 2.45) is 5.92 Å². The highest BCUT2D eigenvalue weighted by atomic mass is 32.2. The standard InChI is InChI=1S/C12H18N2O4S2/c1-8-11(5-10(19-8)12(15)16)20(17,18)13-6-9-3-4-14(2)7-9/h5,9,13H,3-4,6-7H2,1-2H3,(H,15,16). The summed E-state index contributed by atoms with van der Waals surface area (Å²) in [4.78, 5) is 13.7. The Morgan fingerprint density at radius 2 is 2.30 bits per heavy atom. The number of carbonyl (C=O) groups is 1. The third kappa shape index (κ3) is 3.38. The summed E-state index contributed by atoms with van der Waals surface area (Å²) in [7, 11) is -1.62. The van der Waals surface area contributed by atoms with E-state index in [1.54, 1.807) is 6.92 Å². The molecule has 0 spiro atoms. The van der Waals surface area contributed by atoms with E-state index in [0.717, 1.165) is 30.8 Å². The molecule has 1 saturated heterocycles. The zero-order chi connectivity index (χ0) is 14.9. The Morgan fingerprint density at radius 3 is 2.80 bits per heavy atom. The number of carboxylic acids is 1. The van der Waals surface area contributed by atoms with E-state index >= 15 is 0 Å². The van der Waals surface area contributed by atoms with E-state index in [9.17, 15) is 13.2 Å². The maximum absolute atomic E-state index is 12.2. The molecule has 6 nitrogen and oxygen atoms in total. The number of nitrogens with one attached hydrogen (secondary N) is 1. The Kier molecular flexibility index (Phi) is 4.48. The lowest BCUT2D eigenvalue weighted by atomic mass is 10.1. The Hall–Kier alpha value is -0.960. The SMILES string of the molecule is Cc1sc(C(=O)O)cc1S(=O)(=O)NCC1CCN(C)C1. The fraction of sp³-hybridized carbons (Fsp3) is 0.583. The highest BCUT2D eigenvalue weighted by Crippen LogP contribution is 2.26. The molecule has 1 aromatic rings. The van der Waals surface area contributed by atoms with Gasteiger partial charge in [-0.3, -0.25) is 0 Å². The molecule has 2 rings (SSSR count). The summed E-state index contributed by atoms with van der Waals surface area (Å²) in [6.45, 7) is 3.87. The second-order valence-corrected chi connectivity index (χ2v) is 8.10. The molecule has 0 radical (unpaired) electrons. The average Bonchev–Trinajstić information content (AvgIpc) is 2.93. The molecule has 0 aliphatic carbocycles. The van der Waals surface area contributed by atoms with Crippen LogP contribution in [-0.4, -0.2) is 51.1 Å². The molecule has 2 N–H and O–H groups in total. The number of likely N-dealkylation sites (tertiary alicyclic amines) is 1. The summed E-state index contributed by atoms with van der Waals surface area (Å²) in [6, 6.07) is 1.23. The summed E-state index contributed by atoms with van der Waals surface area (Å²) >= 11 is 0.981. The first kappa shape index (κ1) is 15.4. The number of carboxylic acid groups (broad SMARTS) is 1. The van der Waals surface area contributed by atoms with Crippen LogP contribution >= 0.6 is 11.3 Å². The molecule has 1 aromatic heterocycles. The monoisotopic (exact) mass is 318 g/mol. The molecule has 0 amide bonds. The van der Waals surface area contributed by atoms with E-state index in [4.69, 9.17) is 5.11 Å². The first-order chi connectivity index (χ1) is 9.29. The van der Waals surface area contributed by atoms with Gasteiger partial charge in [0.2, 0.25) is 10.0 Å². The average molecular weight is 318 g/mol. The van der Waals surface area contributed by atoms with Crippen LogP contribution in [-0.2, 0) is 10.0 Å². The third-order valence-electron chi connectivity index (χ3n) is 3.42. The van der Waals surface area contributed by atoms with Crippen LogP contribution in [0.4, 0.5) is 0 Å². The summed E-state index contributed by atoms with van der Waals surface area (Å²) in [5.74, 6) is -0.787. The third-order valence-corrected chi connectivity index (χ3v) is 6.14. The van der Waals surface area contributed by atoms with Crippen molar-refractivity contribution in [2.75, 3.05) is 26.7 Å². The van der Waals surface area contributed by atoms with E-state index in [1.807, 2.05) is 7.05 Å². The maximum Gasteiger partial charge on any atom is 0.345 e. The molecule has 1 atom stereocenters. The normalized spacial score (nSPS) is 20.4. The number of hydrogen-bond acceptors (Lipinski definition) is 5. The zero-order valence-corrected chi connectivity index (χ0v) is 13.1. The number of aryl methyl sites for hydroxylation is 1. The van der Waals surface area contributed by atoms with E-state index < -0.39 is 16.0 Å². The van der Waals surface area contributed by atoms with Gasteiger partial charge in [-0.2, -0.15) is 0 Å². The molecule has 8 heteroatoms. The minimum absolute atomic E-state index is 0.0449. The van der Waals surface area contributed by atoms with Crippen molar-refractivity contribution in [3.05, 3.63) is 15.8 Å². The van der Waals surface area contributed by atoms with Crippen molar-refractivity contribution in [1.82, 2.24) is 9.62 Å². The molecule has 20 heavy (non-hydrogen) atoms. The largest absolute Gasteiger partial charge is 0.477 e. The second-order valence-electron chi connectivity index (χ2n) is 5.11. The molecule has 1 aliphatic rings. The van der Waals surface area contributed by atoms with Gasteiger partial charge in [-0.25, -0.2) is 17.9 Å². The van der Waals surface area contributed by atoms with Crippen LogP contribution < -0.4 is 4.72 Å². The Labute approximate surface area is 122 Å². The van der Waals surface area contributed by atoms with Crippen LogP contribution in [0.2, 0.25) is 0 Å². The lowest BCUT2D eigenvalue weighted by Gasteiger charge is -2.12. The number of aromatic carboxylic acids is 1. The van der Waals surface area contributed by atoms with E-state index in [0.29, 0.717) is 17.3 Å². The van der Waals surface area contributed by atoms with Gasteiger partial charge in [0, 0.05) is 18.0 Å². The van der Waals surface area contributed by atoms with Gasteiger partial charge in [0.25, 0.3) is 0 Å². The van der Waals surface area contributed by atoms with Gasteiger partial charge in [-0.05, 0) is 38.9 Å². The van der Waals surface area contributed by atoms with Gasteiger partial charge in [0.15, 0.2) is 0 Å². The first-order valence-corrected chi connectivity index (χ1v) is 8.61. The fourth-order valence-electron chi connectivity index (χ4n) is 2.34. The number of rotatable bonds is 5. The van der Waals surface area contributed by atoms with E-state index in [-0.39, 0.29) is 9.77 Å². The fourth-order valence-corrected chi connectivity index (χ4v) is 4.88. The van der Waals surface area contributed by atoms with Crippen LogP contribution in [0, 0.1) is 12.8 Å². The molecule has 1 aliphatic heterocycles. The van der Waals surface area contributed by atoms with Crippen molar-refractivity contribution in [3.63, 3.8) is 0 Å². The van der Waals surface area contributed by atoms with Gasteiger partial charge < -0.3 is 10.0 Å². The molecule has 0 aromatic carbocycles. The van der Waals surface area contributed by atoms with Gasteiger partial charge in [0.1, 0.15) is 4.88 Å². The summed E-state index contributed by atoms with van der Waals surface area (Å²) < 4.78 is 27.0. The topological polar surface area (TPSA) is 86.7 Å². The van der Waals surface area contributed by atoms with Gasteiger partial charge in [-0.1, -0.05) is 0 Å². The smallest absolute Gasteiger partial charge is 0.345 e. The lowest BCUT2D eigenvalue weighted by molar-refractivity contribution is 0.0702. The lowest BCUT2D eigenvalue weighted by Crippen LogP contribution is -2.30. The Bertz CT molecular complexity index is 609. The van der Waals surface area contributed by atoms with Crippen LogP contribution in [0.25, 0.3) is 0 Å². The van der Waals surface area contributed by atoms with Gasteiger partial charge in [-0.15, -0.1) is 11.3 Å². The number of nitrogens with zero attached hydrogens (tertiary/aromatic N) is 1. The summed E-state index contributed by atoms with van der Waals surface area (Å²) in [5, 5.41) is 8.91. The van der Waals surface area contributed by atoms with Gasteiger partial charge >= 0.3 is 5.97 Å². The van der Waals surface area contributed by atoms with Crippen LogP contribution in [0.15, 0.2) is 11.0 Å². The molecule has 1 fully saturated rings. The number of hydrogen-bond donors (Lipinski definition) is 2. The minimum atomic E-state index is -3.63. The zero-order valence-electron chi connectivity index (χ0n) is 11.4. The van der Waals surface area contributed by atoms with Crippen LogP contribution in [0.1, 0.15) is 21.0 Å². The first-order valence-electron chi connectivity index (χ1n) is 6.31. The van der Waals surface area contributed by atoms with Crippen molar-refractivity contribution < 1.29 is 18.3 Å². The number of thiophene rings is 1. The number of sulfonamides is 1. The van der Waals surface area contributed by atoms with Crippen LogP contribution in [0.3, 0.4) is 0 Å². The molecule has 0 bridgehead atoms. The van der Waals surface area contributed by atoms with Crippen molar-refractivity contribution >= 4 is 27.3 Å². The highest BCUT2D eigenvalue weighted by molar-refractivity contribution is 7.89. The molecular weight excluding hydrogens is 300 g/mol. The van der Waals surface area contributed by atoms with Crippen molar-refractivity contribution in [3.8, 4) is 0 Å². The predicted molar refractivity (Wildman–Crippen MR) is 76.8 cm³/mol. The molecular formula is C12H18N2O4S2. The van der Waals surface area contributed by atoms with Crippen LogP contribution in [0.5, 0.6) is 0 Å². The second kappa shape index (κ2) is 5.80. The maximum atomic E-state index is 12.2. The summed E-state index contributed by atoms with van der Waals surface area (Å²) in [6.07, 6.45) is 0.974. The molecule has 0 saturated carbocycles. The highest BCUT2D eigenvalue weighted by Gasteiger charge is 2.25. The Balaban J connectivity index is 2.08. The Morgan fingerprint density at radius 1 is 1.60 bits per heavy atom. The molecule has 2 heterocycles. The van der Waals surface area contributed by atoms with Crippen molar-refractivity contribution in [1.29, 1.82) is 0 Å². The summed E-state index contributed by atoms with van der Waals surface area (Å²) in [5.41, 5.74) is 0. The quantitative estimate of drug-likeness (QED) is 0.845. The van der Waals surface area contributed by atoms with Gasteiger partial charge in [0.05, 0.1) is 4.90 Å². The van der Waals surface area contributed by atoms with Crippen molar-refractivity contribution in [2.45, 2.75) is 18.2 Å². The van der Waals surface area contributed by atoms with E-state index in [2.05, 4.69) is 9.62 Å². The predicted octanol–water partition coefficient (Wildman–Crippen LogP) is 0.985. The minimum Gasteiger partial charge on any atom is -0.477 e.